The highest BCUT2D eigenvalue weighted by molar-refractivity contribution is 5.44. The van der Waals surface area contributed by atoms with Crippen LogP contribution in [0, 0.1) is 0 Å². The highest BCUT2D eigenvalue weighted by Gasteiger charge is 2.20. The van der Waals surface area contributed by atoms with Crippen molar-refractivity contribution in [1.82, 2.24) is 4.98 Å². The lowest BCUT2D eigenvalue weighted by Gasteiger charge is -2.12. The fraction of sp³-hybridized carbons (Fsp3) is 0.375. The van der Waals surface area contributed by atoms with Crippen LogP contribution in [0.1, 0.15) is 6.92 Å². The van der Waals surface area contributed by atoms with Crippen molar-refractivity contribution in [3.8, 4) is 0 Å². The van der Waals surface area contributed by atoms with Crippen molar-refractivity contribution in [1.29, 1.82) is 0 Å². The second-order valence-corrected chi connectivity index (χ2v) is 2.98. The molecule has 0 atom stereocenters. The van der Waals surface area contributed by atoms with Gasteiger partial charge in [-0.3, -0.25) is 0 Å². The van der Waals surface area contributed by atoms with E-state index in [0.717, 1.165) is 6.92 Å². The molecule has 6 heteroatoms. The Balaban J connectivity index is 2.59. The summed E-state index contributed by atoms with van der Waals surface area (Å²) in [7, 11) is 0. The van der Waals surface area contributed by atoms with Gasteiger partial charge in [0.2, 0.25) is 0 Å². The summed E-state index contributed by atoms with van der Waals surface area (Å²) in [5, 5.41) is 2.50. The van der Waals surface area contributed by atoms with Crippen LogP contribution in [0.2, 0.25) is 0 Å². The van der Waals surface area contributed by atoms with Gasteiger partial charge < -0.3 is 10.7 Å². The molecule has 1 aromatic heterocycles. The molecule has 0 amide bonds. The summed E-state index contributed by atoms with van der Waals surface area (Å²) >= 11 is 0. The van der Waals surface area contributed by atoms with Crippen molar-refractivity contribution in [2.75, 3.05) is 17.3 Å². The smallest absolute Gasteiger partial charge is 0.262 e. The summed E-state index contributed by atoms with van der Waals surface area (Å²) in [4.78, 5) is 3.91. The molecule has 1 rings (SSSR count). The fourth-order valence-corrected chi connectivity index (χ4v) is 0.859. The van der Waals surface area contributed by atoms with Gasteiger partial charge in [-0.05, 0) is 12.1 Å². The third-order valence-electron chi connectivity index (χ3n) is 1.48. The minimum atomic E-state index is -2.76. The summed E-state index contributed by atoms with van der Waals surface area (Å²) < 4.78 is 24.9. The average molecular weight is 202 g/mol. The lowest BCUT2D eigenvalue weighted by molar-refractivity contribution is 0.0367. The van der Waals surface area contributed by atoms with Crippen LogP contribution in [0.3, 0.4) is 0 Å². The van der Waals surface area contributed by atoms with Crippen LogP contribution < -0.4 is 16.6 Å². The van der Waals surface area contributed by atoms with Crippen molar-refractivity contribution < 1.29 is 8.78 Å². The van der Waals surface area contributed by atoms with E-state index in [4.69, 9.17) is 5.84 Å². The summed E-state index contributed by atoms with van der Waals surface area (Å²) in [6.45, 7) is 0.388. The van der Waals surface area contributed by atoms with Crippen molar-refractivity contribution >= 4 is 11.6 Å². The molecule has 0 radical (unpaired) electrons. The van der Waals surface area contributed by atoms with E-state index < -0.39 is 12.5 Å². The molecule has 4 nitrogen and oxygen atoms in total. The molecule has 4 N–H and O–H groups in total. The molecular weight excluding hydrogens is 190 g/mol. The maximum absolute atomic E-state index is 12.5. The molecule has 0 aliphatic rings. The molecule has 14 heavy (non-hydrogen) atoms. The Morgan fingerprint density at radius 3 is 2.64 bits per heavy atom. The first-order chi connectivity index (χ1) is 6.51. The van der Waals surface area contributed by atoms with Crippen LogP contribution in [0.25, 0.3) is 0 Å². The van der Waals surface area contributed by atoms with Gasteiger partial charge >= 0.3 is 0 Å². The third kappa shape index (κ3) is 3.53. The zero-order chi connectivity index (χ0) is 10.6. The Kier molecular flexibility index (Phi) is 3.19. The van der Waals surface area contributed by atoms with Gasteiger partial charge in [-0.1, -0.05) is 6.07 Å². The van der Waals surface area contributed by atoms with Crippen LogP contribution in [0.15, 0.2) is 18.2 Å². The number of halogens is 2. The molecule has 0 fully saturated rings. The molecule has 0 bridgehead atoms. The van der Waals surface area contributed by atoms with Gasteiger partial charge in [0.05, 0.1) is 6.54 Å². The summed E-state index contributed by atoms with van der Waals surface area (Å²) in [6.07, 6.45) is 0. The summed E-state index contributed by atoms with van der Waals surface area (Å²) in [5.74, 6) is 3.14. The molecule has 0 aliphatic heterocycles. The lowest BCUT2D eigenvalue weighted by atomic mass is 10.3. The first kappa shape index (κ1) is 10.6. The van der Waals surface area contributed by atoms with E-state index in [1.165, 1.54) is 0 Å². The summed E-state index contributed by atoms with van der Waals surface area (Å²) in [6, 6.07) is 4.89. The van der Waals surface area contributed by atoms with Gasteiger partial charge in [0, 0.05) is 6.92 Å². The normalized spacial score (nSPS) is 11.1. The Labute approximate surface area is 80.5 Å². The van der Waals surface area contributed by atoms with Gasteiger partial charge in [0.1, 0.15) is 11.6 Å². The van der Waals surface area contributed by atoms with Crippen molar-refractivity contribution in [3.05, 3.63) is 18.2 Å². The van der Waals surface area contributed by atoms with E-state index in [-0.39, 0.29) is 0 Å². The number of aromatic nitrogens is 1. The maximum atomic E-state index is 12.5. The number of pyridine rings is 1. The van der Waals surface area contributed by atoms with E-state index in [9.17, 15) is 8.78 Å². The van der Waals surface area contributed by atoms with Gasteiger partial charge in [-0.15, -0.1) is 0 Å². The number of nitrogen functional groups attached to an aromatic ring is 1. The van der Waals surface area contributed by atoms with E-state index in [1.54, 1.807) is 18.2 Å². The maximum Gasteiger partial charge on any atom is 0.262 e. The van der Waals surface area contributed by atoms with Crippen LogP contribution >= 0.6 is 0 Å². The molecule has 0 saturated carbocycles. The van der Waals surface area contributed by atoms with Gasteiger partial charge in [-0.2, -0.15) is 0 Å². The highest BCUT2D eigenvalue weighted by atomic mass is 19.3. The molecule has 1 aromatic rings. The molecule has 0 aromatic carbocycles. The van der Waals surface area contributed by atoms with Crippen LogP contribution in [-0.4, -0.2) is 17.5 Å². The van der Waals surface area contributed by atoms with E-state index >= 15 is 0 Å². The number of hydrazine groups is 1. The minimum absolute atomic E-state index is 0.363. The zero-order valence-electron chi connectivity index (χ0n) is 7.72. The molecular formula is C8H12F2N4. The fourth-order valence-electron chi connectivity index (χ4n) is 0.859. The number of nitrogens with two attached hydrogens (primary N) is 1. The monoisotopic (exact) mass is 202 g/mol. The number of nitrogens with one attached hydrogen (secondary N) is 2. The topological polar surface area (TPSA) is 63.0 Å². The quantitative estimate of drug-likeness (QED) is 0.510. The van der Waals surface area contributed by atoms with Crippen LogP contribution in [0.4, 0.5) is 20.4 Å². The molecule has 1 heterocycles. The predicted octanol–water partition coefficient (Wildman–Crippen LogP) is 1.43. The van der Waals surface area contributed by atoms with E-state index in [1.807, 2.05) is 0 Å². The Morgan fingerprint density at radius 1 is 1.43 bits per heavy atom. The largest absolute Gasteiger partial charge is 0.364 e. The van der Waals surface area contributed by atoms with Crippen LogP contribution in [-0.2, 0) is 0 Å². The zero-order valence-corrected chi connectivity index (χ0v) is 7.72. The van der Waals surface area contributed by atoms with Crippen molar-refractivity contribution in [2.45, 2.75) is 12.8 Å². The van der Waals surface area contributed by atoms with E-state index in [2.05, 4.69) is 15.7 Å². The third-order valence-corrected chi connectivity index (χ3v) is 1.48. The second kappa shape index (κ2) is 4.19. The number of rotatable bonds is 4. The number of nitrogens with zero attached hydrogens (tertiary/aromatic N) is 1. The number of hydrogen-bond donors (Lipinski definition) is 3. The Bertz CT molecular complexity index is 298. The Morgan fingerprint density at radius 2 is 2.07 bits per heavy atom. The van der Waals surface area contributed by atoms with Crippen molar-refractivity contribution in [3.63, 3.8) is 0 Å². The van der Waals surface area contributed by atoms with E-state index in [0.29, 0.717) is 11.6 Å². The predicted molar refractivity (Wildman–Crippen MR) is 51.2 cm³/mol. The first-order valence-corrected chi connectivity index (χ1v) is 4.06. The molecule has 0 spiro atoms. The average Bonchev–Trinajstić information content (AvgIpc) is 2.14. The van der Waals surface area contributed by atoms with Gasteiger partial charge in [0.25, 0.3) is 5.92 Å². The highest BCUT2D eigenvalue weighted by Crippen LogP contribution is 2.13. The van der Waals surface area contributed by atoms with Crippen molar-refractivity contribution in [2.24, 2.45) is 5.84 Å². The standard InChI is InChI=1S/C8H12F2N4/c1-8(9,10)5-12-6-3-2-4-7(13-6)14-11/h2-4H,5,11H2,1H3,(H2,12,13,14). The summed E-state index contributed by atoms with van der Waals surface area (Å²) in [5.41, 5.74) is 2.33. The molecule has 78 valence electrons. The van der Waals surface area contributed by atoms with Crippen LogP contribution in [0.5, 0.6) is 0 Å². The molecule has 0 aliphatic carbocycles. The SMILES string of the molecule is CC(F)(F)CNc1cccc(NN)n1. The number of hydrogen-bond acceptors (Lipinski definition) is 4. The van der Waals surface area contributed by atoms with Gasteiger partial charge in [0.15, 0.2) is 0 Å². The first-order valence-electron chi connectivity index (χ1n) is 4.06. The second-order valence-electron chi connectivity index (χ2n) is 2.98. The molecule has 0 saturated heterocycles. The minimum Gasteiger partial charge on any atom is -0.364 e. The lowest BCUT2D eigenvalue weighted by Crippen LogP contribution is -2.23. The number of alkyl halides is 2. The number of anilines is 2. The van der Waals surface area contributed by atoms with Gasteiger partial charge in [-0.25, -0.2) is 19.6 Å². The molecule has 0 unspecified atom stereocenters. The Hall–Kier alpha value is -1.43.